The molecule has 1 rings (SSSR count). The summed E-state index contributed by atoms with van der Waals surface area (Å²) in [5.74, 6) is 1.92. The lowest BCUT2D eigenvalue weighted by molar-refractivity contribution is 0.104. The number of hydrogen-bond donors (Lipinski definition) is 1. The van der Waals surface area contributed by atoms with E-state index in [0.29, 0.717) is 18.4 Å². The summed E-state index contributed by atoms with van der Waals surface area (Å²) in [5.41, 5.74) is 0.0939. The van der Waals surface area contributed by atoms with Crippen LogP contribution in [0.4, 0.5) is 0 Å². The third-order valence-electron chi connectivity index (χ3n) is 3.79. The van der Waals surface area contributed by atoms with Gasteiger partial charge in [-0.15, -0.1) is 6.58 Å². The maximum Gasteiger partial charge on any atom is 0.0490 e. The van der Waals surface area contributed by atoms with Crippen LogP contribution in [0.1, 0.15) is 33.6 Å². The molecule has 1 nitrogen and oxygen atoms in total. The predicted molar refractivity (Wildman–Crippen MR) is 56.4 cm³/mol. The van der Waals surface area contributed by atoms with E-state index in [2.05, 4.69) is 27.4 Å². The second-order valence-corrected chi connectivity index (χ2v) is 5.02. The molecule has 0 saturated heterocycles. The Hall–Kier alpha value is -0.300. The molecule has 0 amide bonds. The highest BCUT2D eigenvalue weighted by molar-refractivity contribution is 5.02. The van der Waals surface area contributed by atoms with E-state index >= 15 is 0 Å². The van der Waals surface area contributed by atoms with Crippen LogP contribution in [-0.4, -0.2) is 11.7 Å². The largest absolute Gasteiger partial charge is 0.396 e. The van der Waals surface area contributed by atoms with Crippen molar-refractivity contribution < 1.29 is 5.11 Å². The van der Waals surface area contributed by atoms with Crippen LogP contribution in [0, 0.1) is 23.2 Å². The highest BCUT2D eigenvalue weighted by atomic mass is 16.3. The van der Waals surface area contributed by atoms with Crippen molar-refractivity contribution in [3.8, 4) is 0 Å². The van der Waals surface area contributed by atoms with Crippen LogP contribution in [0.25, 0.3) is 0 Å². The molecule has 0 heterocycles. The van der Waals surface area contributed by atoms with E-state index in [4.69, 9.17) is 0 Å². The van der Waals surface area contributed by atoms with Crippen molar-refractivity contribution in [3.05, 3.63) is 12.7 Å². The summed E-state index contributed by atoms with van der Waals surface area (Å²) in [6.07, 6.45) is 4.43. The van der Waals surface area contributed by atoms with Gasteiger partial charge in [-0.2, -0.15) is 0 Å². The van der Waals surface area contributed by atoms with Crippen molar-refractivity contribution >= 4 is 0 Å². The first-order valence-corrected chi connectivity index (χ1v) is 5.28. The van der Waals surface area contributed by atoms with E-state index < -0.39 is 0 Å². The summed E-state index contributed by atoms with van der Waals surface area (Å²) in [6.45, 7) is 10.9. The van der Waals surface area contributed by atoms with Crippen LogP contribution in [0.15, 0.2) is 12.7 Å². The lowest BCUT2D eigenvalue weighted by Gasteiger charge is -2.31. The molecular formula is C12H22O. The van der Waals surface area contributed by atoms with Gasteiger partial charge < -0.3 is 5.11 Å². The Balaban J connectivity index is 2.80. The van der Waals surface area contributed by atoms with Crippen molar-refractivity contribution in [2.75, 3.05) is 6.61 Å². The van der Waals surface area contributed by atoms with Gasteiger partial charge >= 0.3 is 0 Å². The molecule has 1 heteroatoms. The minimum Gasteiger partial charge on any atom is -0.396 e. The molecule has 0 radical (unpaired) electrons. The first-order valence-electron chi connectivity index (χ1n) is 5.28. The fraction of sp³-hybridized carbons (Fsp3) is 0.833. The number of hydrogen-bond acceptors (Lipinski definition) is 1. The number of rotatable bonds is 3. The minimum atomic E-state index is 0.0939. The molecule has 0 spiro atoms. The average molecular weight is 182 g/mol. The highest BCUT2D eigenvalue weighted by Gasteiger charge is 2.43. The second kappa shape index (κ2) is 3.83. The summed E-state index contributed by atoms with van der Waals surface area (Å²) in [6, 6.07) is 0. The summed E-state index contributed by atoms with van der Waals surface area (Å²) >= 11 is 0. The lowest BCUT2D eigenvalue weighted by atomic mass is 9.75. The van der Waals surface area contributed by atoms with E-state index in [1.54, 1.807) is 0 Å². The van der Waals surface area contributed by atoms with Crippen molar-refractivity contribution in [2.24, 2.45) is 23.2 Å². The molecule has 1 N–H and O–H groups in total. The van der Waals surface area contributed by atoms with Crippen molar-refractivity contribution in [2.45, 2.75) is 33.6 Å². The number of aliphatic hydroxyl groups is 1. The van der Waals surface area contributed by atoms with E-state index in [1.807, 2.05) is 6.08 Å². The molecule has 1 aliphatic carbocycles. The first kappa shape index (κ1) is 10.8. The molecule has 0 aliphatic heterocycles. The Morgan fingerprint density at radius 1 is 1.62 bits per heavy atom. The molecule has 0 aromatic carbocycles. The highest BCUT2D eigenvalue weighted by Crippen LogP contribution is 2.49. The fourth-order valence-corrected chi connectivity index (χ4v) is 2.75. The Morgan fingerprint density at radius 3 is 2.62 bits per heavy atom. The second-order valence-electron chi connectivity index (χ2n) is 5.02. The van der Waals surface area contributed by atoms with Gasteiger partial charge in [0.1, 0.15) is 0 Å². The fourth-order valence-electron chi connectivity index (χ4n) is 2.75. The van der Waals surface area contributed by atoms with Gasteiger partial charge in [-0.3, -0.25) is 0 Å². The van der Waals surface area contributed by atoms with Crippen LogP contribution in [0.3, 0.4) is 0 Å². The molecule has 0 aromatic rings. The van der Waals surface area contributed by atoms with Crippen LogP contribution < -0.4 is 0 Å². The predicted octanol–water partition coefficient (Wildman–Crippen LogP) is 2.85. The smallest absolute Gasteiger partial charge is 0.0490 e. The SMILES string of the molecule is C=CC1C(C(C)C)CCC1(C)CO. The Kier molecular flexibility index (Phi) is 3.18. The Labute approximate surface area is 81.9 Å². The topological polar surface area (TPSA) is 20.2 Å². The van der Waals surface area contributed by atoms with E-state index in [1.165, 1.54) is 6.42 Å². The molecule has 0 aromatic heterocycles. The molecule has 13 heavy (non-hydrogen) atoms. The molecule has 76 valence electrons. The van der Waals surface area contributed by atoms with Gasteiger partial charge in [0, 0.05) is 6.61 Å². The summed E-state index contributed by atoms with van der Waals surface area (Å²) in [7, 11) is 0. The zero-order chi connectivity index (χ0) is 10.1. The normalized spacial score (nSPS) is 39.8. The van der Waals surface area contributed by atoms with Gasteiger partial charge in [0.05, 0.1) is 0 Å². The molecule has 3 atom stereocenters. The molecule has 3 unspecified atom stereocenters. The zero-order valence-corrected chi connectivity index (χ0v) is 9.09. The van der Waals surface area contributed by atoms with Crippen molar-refractivity contribution in [1.82, 2.24) is 0 Å². The first-order chi connectivity index (χ1) is 6.05. The Morgan fingerprint density at radius 2 is 2.23 bits per heavy atom. The van der Waals surface area contributed by atoms with Crippen molar-refractivity contribution in [3.63, 3.8) is 0 Å². The third kappa shape index (κ3) is 1.80. The average Bonchev–Trinajstić information content (AvgIpc) is 2.43. The van der Waals surface area contributed by atoms with E-state index in [0.717, 1.165) is 12.3 Å². The summed E-state index contributed by atoms with van der Waals surface area (Å²) in [4.78, 5) is 0. The van der Waals surface area contributed by atoms with Gasteiger partial charge in [0.2, 0.25) is 0 Å². The van der Waals surface area contributed by atoms with Gasteiger partial charge in [0.25, 0.3) is 0 Å². The Bertz CT molecular complexity index is 186. The van der Waals surface area contributed by atoms with Gasteiger partial charge in [0.15, 0.2) is 0 Å². The van der Waals surface area contributed by atoms with Crippen LogP contribution in [-0.2, 0) is 0 Å². The lowest BCUT2D eigenvalue weighted by Crippen LogP contribution is -2.29. The van der Waals surface area contributed by atoms with Gasteiger partial charge in [-0.25, -0.2) is 0 Å². The molecule has 1 aliphatic rings. The van der Waals surface area contributed by atoms with Gasteiger partial charge in [-0.05, 0) is 36.0 Å². The summed E-state index contributed by atoms with van der Waals surface area (Å²) in [5, 5.41) is 9.38. The summed E-state index contributed by atoms with van der Waals surface area (Å²) < 4.78 is 0. The molecule has 1 fully saturated rings. The molecule has 1 saturated carbocycles. The van der Waals surface area contributed by atoms with Crippen LogP contribution in [0.5, 0.6) is 0 Å². The monoisotopic (exact) mass is 182 g/mol. The minimum absolute atomic E-state index is 0.0939. The van der Waals surface area contributed by atoms with E-state index in [9.17, 15) is 5.11 Å². The van der Waals surface area contributed by atoms with Crippen LogP contribution in [0.2, 0.25) is 0 Å². The molecule has 0 bridgehead atoms. The number of aliphatic hydroxyl groups excluding tert-OH is 1. The van der Waals surface area contributed by atoms with E-state index in [-0.39, 0.29) is 5.41 Å². The van der Waals surface area contributed by atoms with Gasteiger partial charge in [-0.1, -0.05) is 26.8 Å². The number of allylic oxidation sites excluding steroid dienone is 1. The standard InChI is InChI=1S/C12H22O/c1-5-11-10(9(2)3)6-7-12(11,4)8-13/h5,9-11,13H,1,6-8H2,2-4H3. The quantitative estimate of drug-likeness (QED) is 0.665. The maximum absolute atomic E-state index is 9.38. The molecular weight excluding hydrogens is 160 g/mol. The van der Waals surface area contributed by atoms with Crippen LogP contribution >= 0.6 is 0 Å². The maximum atomic E-state index is 9.38. The van der Waals surface area contributed by atoms with Crippen molar-refractivity contribution in [1.29, 1.82) is 0 Å². The third-order valence-corrected chi connectivity index (χ3v) is 3.79. The zero-order valence-electron chi connectivity index (χ0n) is 9.09.